The summed E-state index contributed by atoms with van der Waals surface area (Å²) in [4.78, 5) is 21.2. The fraction of sp³-hybridized carbons (Fsp3) is 0.500. The first kappa shape index (κ1) is 13.0. The molecular weight excluding hydrogens is 304 g/mol. The van der Waals surface area contributed by atoms with Crippen LogP contribution in [0.2, 0.25) is 0 Å². The van der Waals surface area contributed by atoms with E-state index in [4.69, 9.17) is 4.74 Å². The van der Waals surface area contributed by atoms with Crippen LogP contribution in [0.15, 0.2) is 10.7 Å². The molecule has 98 valence electrons. The predicted octanol–water partition coefficient (Wildman–Crippen LogP) is 0.111. The lowest BCUT2D eigenvalue weighted by Crippen LogP contribution is -2.55. The highest BCUT2D eigenvalue weighted by atomic mass is 79.9. The number of ether oxygens (including phenoxy) is 1. The Bertz CT molecular complexity index is 457. The number of anilines is 1. The number of aliphatic carboxylic acids is 1. The summed E-state index contributed by atoms with van der Waals surface area (Å²) in [6, 6.07) is -0.662. The fourth-order valence-electron chi connectivity index (χ4n) is 1.79. The molecule has 1 saturated heterocycles. The van der Waals surface area contributed by atoms with Gasteiger partial charge in [-0.15, -0.1) is 0 Å². The molecule has 2 rings (SSSR count). The summed E-state index contributed by atoms with van der Waals surface area (Å²) in [5.41, 5.74) is 0. The quantitative estimate of drug-likeness (QED) is 0.818. The number of carboxylic acids is 1. The van der Waals surface area contributed by atoms with E-state index in [0.29, 0.717) is 35.9 Å². The van der Waals surface area contributed by atoms with Crippen LogP contribution in [0.5, 0.6) is 5.88 Å². The molecule has 0 saturated carbocycles. The van der Waals surface area contributed by atoms with Gasteiger partial charge in [0.2, 0.25) is 11.8 Å². The second-order valence-corrected chi connectivity index (χ2v) is 4.63. The van der Waals surface area contributed by atoms with Gasteiger partial charge in [-0.05, 0) is 15.9 Å². The van der Waals surface area contributed by atoms with Crippen LogP contribution in [0.1, 0.15) is 0 Å². The first-order chi connectivity index (χ1) is 8.63. The van der Waals surface area contributed by atoms with E-state index in [1.54, 1.807) is 11.1 Å². The van der Waals surface area contributed by atoms with E-state index >= 15 is 0 Å². The second kappa shape index (κ2) is 5.49. The van der Waals surface area contributed by atoms with Crippen molar-refractivity contribution >= 4 is 27.8 Å². The van der Waals surface area contributed by atoms with Crippen molar-refractivity contribution in [3.8, 4) is 5.88 Å². The molecule has 0 radical (unpaired) electrons. The van der Waals surface area contributed by atoms with Crippen LogP contribution in [0, 0.1) is 0 Å². The fourth-order valence-corrected chi connectivity index (χ4v) is 2.14. The van der Waals surface area contributed by atoms with Gasteiger partial charge in [-0.3, -0.25) is 0 Å². The van der Waals surface area contributed by atoms with E-state index in [-0.39, 0.29) is 0 Å². The molecule has 2 N–H and O–H groups in total. The Hall–Kier alpha value is -1.41. The monoisotopic (exact) mass is 316 g/mol. The molecule has 1 fully saturated rings. The third kappa shape index (κ3) is 2.54. The van der Waals surface area contributed by atoms with Crippen LogP contribution in [-0.2, 0) is 4.79 Å². The number of rotatable bonds is 3. The van der Waals surface area contributed by atoms with E-state index in [1.165, 1.54) is 7.11 Å². The number of aromatic nitrogens is 2. The van der Waals surface area contributed by atoms with Crippen molar-refractivity contribution in [2.75, 3.05) is 31.6 Å². The minimum atomic E-state index is -0.896. The van der Waals surface area contributed by atoms with Crippen molar-refractivity contribution < 1.29 is 14.6 Å². The van der Waals surface area contributed by atoms with Gasteiger partial charge in [0.15, 0.2) is 0 Å². The minimum absolute atomic E-state index is 0.365. The van der Waals surface area contributed by atoms with Crippen LogP contribution in [0.25, 0.3) is 0 Å². The van der Waals surface area contributed by atoms with E-state index in [2.05, 4.69) is 31.2 Å². The third-order valence-corrected chi connectivity index (χ3v) is 3.22. The number of piperazine rings is 1. The van der Waals surface area contributed by atoms with Gasteiger partial charge < -0.3 is 20.1 Å². The third-order valence-electron chi connectivity index (χ3n) is 2.68. The lowest BCUT2D eigenvalue weighted by molar-refractivity contribution is -0.138. The maximum absolute atomic E-state index is 11.2. The lowest BCUT2D eigenvalue weighted by Gasteiger charge is -2.33. The Balaban J connectivity index is 2.30. The number of carboxylic acid groups (broad SMARTS) is 1. The van der Waals surface area contributed by atoms with Crippen LogP contribution < -0.4 is 15.0 Å². The molecule has 1 aromatic heterocycles. The predicted molar refractivity (Wildman–Crippen MR) is 67.9 cm³/mol. The molecule has 0 bridgehead atoms. The van der Waals surface area contributed by atoms with Crippen molar-refractivity contribution in [3.63, 3.8) is 0 Å². The van der Waals surface area contributed by atoms with Crippen molar-refractivity contribution in [1.82, 2.24) is 15.3 Å². The molecule has 1 unspecified atom stereocenters. The Morgan fingerprint density at radius 1 is 1.72 bits per heavy atom. The number of carbonyl (C=O) groups is 1. The van der Waals surface area contributed by atoms with Crippen LogP contribution >= 0.6 is 15.9 Å². The molecule has 0 aromatic carbocycles. The van der Waals surface area contributed by atoms with Crippen LogP contribution in [0.4, 0.5) is 5.95 Å². The molecule has 1 atom stereocenters. The zero-order valence-electron chi connectivity index (χ0n) is 9.76. The number of nitrogens with one attached hydrogen (secondary N) is 1. The largest absolute Gasteiger partial charge is 0.480 e. The molecule has 0 amide bonds. The number of hydrogen-bond donors (Lipinski definition) is 2. The molecule has 0 aliphatic carbocycles. The second-order valence-electron chi connectivity index (χ2n) is 3.78. The van der Waals surface area contributed by atoms with Gasteiger partial charge in [0.25, 0.3) is 0 Å². The standard InChI is InChI=1S/C10H13BrN4O3/c1-18-8-6(11)4-13-10(14-8)15-3-2-12-5-7(15)9(16)17/h4,7,12H,2-3,5H2,1H3,(H,16,17). The molecular formula is C10H13BrN4O3. The van der Waals surface area contributed by atoms with Gasteiger partial charge in [-0.2, -0.15) is 4.98 Å². The van der Waals surface area contributed by atoms with Gasteiger partial charge in [-0.25, -0.2) is 9.78 Å². The maximum atomic E-state index is 11.2. The van der Waals surface area contributed by atoms with Crippen LogP contribution in [-0.4, -0.2) is 53.8 Å². The first-order valence-corrected chi connectivity index (χ1v) is 6.19. The molecule has 18 heavy (non-hydrogen) atoms. The summed E-state index contributed by atoms with van der Waals surface area (Å²) >= 11 is 3.26. The van der Waals surface area contributed by atoms with E-state index in [1.807, 2.05) is 0 Å². The molecule has 1 aliphatic rings. The molecule has 2 heterocycles. The summed E-state index contributed by atoms with van der Waals surface area (Å²) in [5.74, 6) is -0.140. The average molecular weight is 317 g/mol. The summed E-state index contributed by atoms with van der Waals surface area (Å²) in [5, 5.41) is 12.2. The zero-order chi connectivity index (χ0) is 13.1. The summed E-state index contributed by atoms with van der Waals surface area (Å²) in [6.07, 6.45) is 1.56. The van der Waals surface area contributed by atoms with E-state index in [0.717, 1.165) is 0 Å². The number of hydrogen-bond acceptors (Lipinski definition) is 6. The molecule has 1 aliphatic heterocycles. The zero-order valence-corrected chi connectivity index (χ0v) is 11.3. The molecule has 8 heteroatoms. The Kier molecular flexibility index (Phi) is 3.97. The number of halogens is 1. The summed E-state index contributed by atoms with van der Waals surface area (Å²) in [7, 11) is 1.50. The van der Waals surface area contributed by atoms with Gasteiger partial charge in [0.05, 0.1) is 17.8 Å². The molecule has 1 aromatic rings. The normalized spacial score (nSPS) is 19.7. The summed E-state index contributed by atoms with van der Waals surface area (Å²) < 4.78 is 5.72. The maximum Gasteiger partial charge on any atom is 0.327 e. The van der Waals surface area contributed by atoms with Crippen molar-refractivity contribution in [2.24, 2.45) is 0 Å². The van der Waals surface area contributed by atoms with Gasteiger partial charge >= 0.3 is 5.97 Å². The van der Waals surface area contributed by atoms with E-state index in [9.17, 15) is 9.90 Å². The van der Waals surface area contributed by atoms with Gasteiger partial charge in [-0.1, -0.05) is 0 Å². The minimum Gasteiger partial charge on any atom is -0.480 e. The first-order valence-electron chi connectivity index (χ1n) is 5.40. The highest BCUT2D eigenvalue weighted by Crippen LogP contribution is 2.24. The number of nitrogens with zero attached hydrogens (tertiary/aromatic N) is 3. The Morgan fingerprint density at radius 2 is 2.50 bits per heavy atom. The molecule has 0 spiro atoms. The van der Waals surface area contributed by atoms with Gasteiger partial charge in [0, 0.05) is 19.6 Å². The average Bonchev–Trinajstić information content (AvgIpc) is 2.39. The topological polar surface area (TPSA) is 87.6 Å². The number of methoxy groups -OCH3 is 1. The smallest absolute Gasteiger partial charge is 0.327 e. The lowest BCUT2D eigenvalue weighted by atomic mass is 10.2. The highest BCUT2D eigenvalue weighted by Gasteiger charge is 2.30. The van der Waals surface area contributed by atoms with Crippen molar-refractivity contribution in [1.29, 1.82) is 0 Å². The van der Waals surface area contributed by atoms with Gasteiger partial charge in [0.1, 0.15) is 6.04 Å². The summed E-state index contributed by atoms with van der Waals surface area (Å²) in [6.45, 7) is 1.62. The highest BCUT2D eigenvalue weighted by molar-refractivity contribution is 9.10. The van der Waals surface area contributed by atoms with Crippen LogP contribution in [0.3, 0.4) is 0 Å². The Morgan fingerprint density at radius 3 is 3.17 bits per heavy atom. The van der Waals surface area contributed by atoms with Crippen molar-refractivity contribution in [3.05, 3.63) is 10.7 Å². The molecule has 7 nitrogen and oxygen atoms in total. The van der Waals surface area contributed by atoms with E-state index < -0.39 is 12.0 Å². The SMILES string of the molecule is COc1nc(N2CCNCC2C(=O)O)ncc1Br. The Labute approximate surface area is 112 Å². The van der Waals surface area contributed by atoms with Crippen molar-refractivity contribution in [2.45, 2.75) is 6.04 Å².